The maximum absolute atomic E-state index is 0. The number of rotatable bonds is 0. The Morgan fingerprint density at radius 2 is 0.750 bits per heavy atom. The first-order valence-electron chi connectivity index (χ1n) is 0. The van der Waals surface area contributed by atoms with E-state index < -0.39 is 0 Å². The molecule has 0 unspecified atom stereocenters. The number of hydrogen-bond donors (Lipinski definition) is 0. The molecule has 0 aliphatic heterocycles. The Balaban J connectivity index is 0. The van der Waals surface area contributed by atoms with Crippen LogP contribution in [0.4, 0.5) is 0 Å². The van der Waals surface area contributed by atoms with Gasteiger partial charge in [-0.05, 0) is 0 Å². The van der Waals surface area contributed by atoms with Crippen molar-refractivity contribution in [1.29, 1.82) is 0 Å². The smallest absolute Gasteiger partial charge is 0 e. The van der Waals surface area contributed by atoms with Gasteiger partial charge in [0.1, 0.15) is 0 Å². The van der Waals surface area contributed by atoms with Gasteiger partial charge in [0.2, 0.25) is 0 Å². The summed E-state index contributed by atoms with van der Waals surface area (Å²) in [7, 11) is 0. The fourth-order valence-electron chi connectivity index (χ4n) is 0. The summed E-state index contributed by atoms with van der Waals surface area (Å²) < 4.78 is 0. The zero-order chi connectivity index (χ0) is 0. The van der Waals surface area contributed by atoms with Crippen LogP contribution >= 0.6 is 0 Å². The molecule has 0 aliphatic carbocycles. The maximum atomic E-state index is 0. The van der Waals surface area contributed by atoms with Crippen LogP contribution in [0.3, 0.4) is 0 Å². The second-order valence-corrected chi connectivity index (χ2v) is 0. The van der Waals surface area contributed by atoms with Gasteiger partial charge < -0.3 is 11.0 Å². The van der Waals surface area contributed by atoms with Crippen LogP contribution in [0, 0.1) is 0 Å². The van der Waals surface area contributed by atoms with Crippen molar-refractivity contribution in [3.63, 3.8) is 0 Å². The SMILES string of the molecule is O.O.[K].[Na]. The molecule has 2 nitrogen and oxygen atoms in total. The van der Waals surface area contributed by atoms with Crippen LogP contribution in [0.2, 0.25) is 0 Å². The predicted octanol–water partition coefficient (Wildman–Crippen LogP) is -2.41. The van der Waals surface area contributed by atoms with Gasteiger partial charge in [0.05, 0.1) is 0 Å². The minimum absolute atomic E-state index is 0. The monoisotopic (exact) mass is 98.0 g/mol. The van der Waals surface area contributed by atoms with E-state index in [-0.39, 0.29) is 91.9 Å². The van der Waals surface area contributed by atoms with E-state index in [0.29, 0.717) is 0 Å². The normalized spacial score (nSPS) is 0. The molecule has 0 bridgehead atoms. The van der Waals surface area contributed by atoms with E-state index in [1.165, 1.54) is 0 Å². The van der Waals surface area contributed by atoms with Crippen molar-refractivity contribution >= 4 is 80.9 Å². The summed E-state index contributed by atoms with van der Waals surface area (Å²) in [6, 6.07) is 0. The summed E-state index contributed by atoms with van der Waals surface area (Å²) in [6.07, 6.45) is 0. The van der Waals surface area contributed by atoms with Crippen molar-refractivity contribution in [2.75, 3.05) is 0 Å². The van der Waals surface area contributed by atoms with Crippen molar-refractivity contribution in [1.82, 2.24) is 0 Å². The molecule has 0 aliphatic rings. The van der Waals surface area contributed by atoms with Gasteiger partial charge in [-0.1, -0.05) is 0 Å². The molecular formula is H4KNaO2. The minimum Gasteiger partial charge on any atom is -0.412 e. The quantitative estimate of drug-likeness (QED) is 0.303. The predicted molar refractivity (Wildman–Crippen MR) is 18.7 cm³/mol. The molecule has 0 atom stereocenters. The fourth-order valence-corrected chi connectivity index (χ4v) is 0. The molecule has 0 heterocycles. The molecule has 0 fully saturated rings. The Labute approximate surface area is 89.7 Å². The Hall–Kier alpha value is 2.56. The Morgan fingerprint density at radius 3 is 0.750 bits per heavy atom. The van der Waals surface area contributed by atoms with Crippen LogP contribution in [0.25, 0.3) is 0 Å². The molecule has 18 valence electrons. The van der Waals surface area contributed by atoms with Gasteiger partial charge in [-0.2, -0.15) is 0 Å². The second-order valence-electron chi connectivity index (χ2n) is 0. The summed E-state index contributed by atoms with van der Waals surface area (Å²) in [4.78, 5) is 0. The Bertz CT molecular complexity index is 6.00. The van der Waals surface area contributed by atoms with Crippen molar-refractivity contribution in [2.24, 2.45) is 0 Å². The zero-order valence-electron chi connectivity index (χ0n) is 3.00. The molecule has 2 radical (unpaired) electrons. The molecule has 0 saturated carbocycles. The standard InChI is InChI=1S/K.Na.2H2O/h;;2*1H2. The second kappa shape index (κ2) is 17.7. The molecule has 0 spiro atoms. The van der Waals surface area contributed by atoms with Gasteiger partial charge in [-0.25, -0.2) is 0 Å². The average molecular weight is 98.1 g/mol. The zero-order valence-corrected chi connectivity index (χ0v) is 8.12. The molecule has 0 amide bonds. The summed E-state index contributed by atoms with van der Waals surface area (Å²) >= 11 is 0. The van der Waals surface area contributed by atoms with Crippen molar-refractivity contribution in [3.05, 3.63) is 0 Å². The Kier molecular flexibility index (Phi) is 137. The first kappa shape index (κ1) is 31.0. The first-order valence-corrected chi connectivity index (χ1v) is 0. The topological polar surface area (TPSA) is 63.0 Å². The molecule has 0 aromatic carbocycles. The molecule has 0 saturated heterocycles. The van der Waals surface area contributed by atoms with E-state index in [2.05, 4.69) is 0 Å². The van der Waals surface area contributed by atoms with Crippen molar-refractivity contribution in [2.45, 2.75) is 0 Å². The van der Waals surface area contributed by atoms with Crippen molar-refractivity contribution in [3.8, 4) is 0 Å². The molecule has 0 rings (SSSR count). The van der Waals surface area contributed by atoms with Crippen LogP contribution in [0.5, 0.6) is 0 Å². The third-order valence-electron chi connectivity index (χ3n) is 0. The molecule has 4 heteroatoms. The fraction of sp³-hybridized carbons (Fsp3) is 0. The van der Waals surface area contributed by atoms with E-state index in [9.17, 15) is 0 Å². The third-order valence-corrected chi connectivity index (χ3v) is 0. The minimum atomic E-state index is 0. The van der Waals surface area contributed by atoms with Gasteiger partial charge in [0.25, 0.3) is 0 Å². The van der Waals surface area contributed by atoms with Crippen molar-refractivity contribution < 1.29 is 11.0 Å². The largest absolute Gasteiger partial charge is 0.412 e. The third kappa shape index (κ3) is 8.82. The molecule has 0 aromatic heterocycles. The summed E-state index contributed by atoms with van der Waals surface area (Å²) in [5.74, 6) is 0. The van der Waals surface area contributed by atoms with Gasteiger partial charge in [0.15, 0.2) is 0 Å². The molecule has 4 heavy (non-hydrogen) atoms. The van der Waals surface area contributed by atoms with Crippen LogP contribution in [0.1, 0.15) is 0 Å². The Morgan fingerprint density at radius 1 is 0.750 bits per heavy atom. The molecule has 4 N–H and O–H groups in total. The average Bonchev–Trinajstić information content (AvgIpc) is 0. The van der Waals surface area contributed by atoms with Gasteiger partial charge in [0, 0.05) is 80.9 Å². The first-order chi connectivity index (χ1) is 0. The van der Waals surface area contributed by atoms with E-state index in [1.807, 2.05) is 0 Å². The van der Waals surface area contributed by atoms with Gasteiger partial charge >= 0.3 is 0 Å². The maximum Gasteiger partial charge on any atom is 0 e. The summed E-state index contributed by atoms with van der Waals surface area (Å²) in [6.45, 7) is 0. The summed E-state index contributed by atoms with van der Waals surface area (Å²) in [5.41, 5.74) is 0. The summed E-state index contributed by atoms with van der Waals surface area (Å²) in [5, 5.41) is 0. The number of hydrogen-bond acceptors (Lipinski definition) is 0. The van der Waals surface area contributed by atoms with E-state index in [1.54, 1.807) is 0 Å². The van der Waals surface area contributed by atoms with E-state index >= 15 is 0 Å². The van der Waals surface area contributed by atoms with Gasteiger partial charge in [-0.15, -0.1) is 0 Å². The van der Waals surface area contributed by atoms with E-state index in [4.69, 9.17) is 0 Å². The van der Waals surface area contributed by atoms with Gasteiger partial charge in [-0.3, -0.25) is 0 Å². The molecular weight excluding hydrogens is 94.1 g/mol. The van der Waals surface area contributed by atoms with Crippen LogP contribution in [-0.2, 0) is 0 Å². The van der Waals surface area contributed by atoms with E-state index in [0.717, 1.165) is 0 Å². The van der Waals surface area contributed by atoms with Crippen LogP contribution in [0.15, 0.2) is 0 Å². The van der Waals surface area contributed by atoms with Crippen LogP contribution in [-0.4, -0.2) is 91.9 Å². The van der Waals surface area contributed by atoms with Crippen LogP contribution < -0.4 is 0 Å². The molecule has 0 aromatic rings.